The van der Waals surface area contributed by atoms with Crippen molar-refractivity contribution in [2.75, 3.05) is 0 Å². The Balaban J connectivity index is 1.90. The topological polar surface area (TPSA) is 0 Å². The highest BCUT2D eigenvalue weighted by atomic mass is 14.3. The number of rotatable bonds is 5. The molecule has 1 unspecified atom stereocenters. The van der Waals surface area contributed by atoms with Gasteiger partial charge in [-0.3, -0.25) is 0 Å². The van der Waals surface area contributed by atoms with Crippen molar-refractivity contribution in [3.63, 3.8) is 0 Å². The van der Waals surface area contributed by atoms with Crippen molar-refractivity contribution in [1.82, 2.24) is 0 Å². The Morgan fingerprint density at radius 1 is 0.905 bits per heavy atom. The van der Waals surface area contributed by atoms with Gasteiger partial charge in [-0.1, -0.05) is 74.9 Å². The third-order valence-electron chi connectivity index (χ3n) is 5.04. The molecule has 1 aliphatic rings. The summed E-state index contributed by atoms with van der Waals surface area (Å²) in [5, 5.41) is 0. The van der Waals surface area contributed by atoms with E-state index in [1.165, 1.54) is 24.8 Å². The second-order valence-electron chi connectivity index (χ2n) is 6.80. The van der Waals surface area contributed by atoms with Gasteiger partial charge in [0.1, 0.15) is 0 Å². The van der Waals surface area contributed by atoms with E-state index in [-0.39, 0.29) is 0 Å². The summed E-state index contributed by atoms with van der Waals surface area (Å²) in [5.41, 5.74) is 4.68. The van der Waals surface area contributed by atoms with Crippen LogP contribution in [0.1, 0.15) is 61.6 Å². The van der Waals surface area contributed by atoms with Gasteiger partial charge in [-0.05, 0) is 53.7 Å². The first-order chi connectivity index (χ1) is 10.3. The fraction of sp³-hybridized carbons (Fsp3) is 0.429. The van der Waals surface area contributed by atoms with E-state index in [2.05, 4.69) is 68.4 Å². The van der Waals surface area contributed by atoms with Crippen LogP contribution in [0.15, 0.2) is 54.6 Å². The average Bonchev–Trinajstić information content (AvgIpc) is 2.45. The molecule has 0 saturated heterocycles. The summed E-state index contributed by atoms with van der Waals surface area (Å²) in [6, 6.07) is 20.1. The van der Waals surface area contributed by atoms with Crippen LogP contribution in [-0.4, -0.2) is 0 Å². The van der Waals surface area contributed by atoms with Crippen LogP contribution in [0.2, 0.25) is 0 Å². The Labute approximate surface area is 129 Å². The summed E-state index contributed by atoms with van der Waals surface area (Å²) in [5.74, 6) is 2.12. The maximum atomic E-state index is 2.38. The minimum Gasteiger partial charge on any atom is -0.0622 e. The van der Waals surface area contributed by atoms with Gasteiger partial charge in [0.15, 0.2) is 0 Å². The van der Waals surface area contributed by atoms with Crippen LogP contribution in [0.5, 0.6) is 0 Å². The predicted molar refractivity (Wildman–Crippen MR) is 90.8 cm³/mol. The van der Waals surface area contributed by atoms with Gasteiger partial charge in [-0.2, -0.15) is 0 Å². The van der Waals surface area contributed by atoms with E-state index < -0.39 is 0 Å². The van der Waals surface area contributed by atoms with Gasteiger partial charge in [0.2, 0.25) is 0 Å². The summed E-state index contributed by atoms with van der Waals surface area (Å²) in [4.78, 5) is 0. The van der Waals surface area contributed by atoms with Crippen LogP contribution in [0.3, 0.4) is 0 Å². The minimum absolute atomic E-state index is 0.629. The smallest absolute Gasteiger partial charge is 0.00956 e. The molecule has 110 valence electrons. The first kappa shape index (κ1) is 14.4. The van der Waals surface area contributed by atoms with E-state index in [1.54, 1.807) is 11.1 Å². The quantitative estimate of drug-likeness (QED) is 0.635. The van der Waals surface area contributed by atoms with E-state index in [0.717, 1.165) is 12.3 Å². The Bertz CT molecular complexity index is 564. The lowest BCUT2D eigenvalue weighted by atomic mass is 9.73. The van der Waals surface area contributed by atoms with E-state index in [0.29, 0.717) is 11.8 Å². The molecule has 0 N–H and O–H groups in total. The van der Waals surface area contributed by atoms with Crippen LogP contribution >= 0.6 is 0 Å². The number of hydrogen-bond acceptors (Lipinski definition) is 0. The molecule has 0 bridgehead atoms. The molecule has 0 heteroatoms. The fourth-order valence-corrected chi connectivity index (χ4v) is 3.51. The molecule has 3 rings (SSSR count). The zero-order valence-electron chi connectivity index (χ0n) is 13.3. The monoisotopic (exact) mass is 278 g/mol. The average molecular weight is 278 g/mol. The molecular weight excluding hydrogens is 252 g/mol. The molecule has 0 heterocycles. The second kappa shape index (κ2) is 6.47. The predicted octanol–water partition coefficient (Wildman–Crippen LogP) is 5.94. The molecule has 2 aromatic carbocycles. The molecule has 2 aromatic rings. The molecule has 0 radical (unpaired) electrons. The largest absolute Gasteiger partial charge is 0.0622 e. The van der Waals surface area contributed by atoms with E-state index >= 15 is 0 Å². The summed E-state index contributed by atoms with van der Waals surface area (Å²) in [6.45, 7) is 4.73. The van der Waals surface area contributed by atoms with Gasteiger partial charge in [-0.15, -0.1) is 0 Å². The molecule has 1 fully saturated rings. The highest BCUT2D eigenvalue weighted by Gasteiger charge is 2.26. The van der Waals surface area contributed by atoms with Gasteiger partial charge in [-0.25, -0.2) is 0 Å². The number of hydrogen-bond donors (Lipinski definition) is 0. The second-order valence-corrected chi connectivity index (χ2v) is 6.80. The van der Waals surface area contributed by atoms with Gasteiger partial charge >= 0.3 is 0 Å². The summed E-state index contributed by atoms with van der Waals surface area (Å²) in [7, 11) is 0. The minimum atomic E-state index is 0.629. The van der Waals surface area contributed by atoms with Crippen molar-refractivity contribution in [2.24, 2.45) is 5.92 Å². The van der Waals surface area contributed by atoms with Gasteiger partial charge in [0.25, 0.3) is 0 Å². The highest BCUT2D eigenvalue weighted by molar-refractivity contribution is 5.36. The SMILES string of the molecule is CC(C)C(Cc1ccccc1)c1ccccc1C1CCC1. The normalized spacial score (nSPS) is 16.7. The van der Waals surface area contributed by atoms with Crippen molar-refractivity contribution < 1.29 is 0 Å². The van der Waals surface area contributed by atoms with E-state index in [1.807, 2.05) is 0 Å². The van der Waals surface area contributed by atoms with Crippen molar-refractivity contribution in [3.05, 3.63) is 71.3 Å². The Kier molecular flexibility index (Phi) is 4.43. The lowest BCUT2D eigenvalue weighted by molar-refractivity contribution is 0.407. The highest BCUT2D eigenvalue weighted by Crippen LogP contribution is 2.42. The van der Waals surface area contributed by atoms with Gasteiger partial charge in [0.05, 0.1) is 0 Å². The molecule has 1 atom stereocenters. The molecule has 0 nitrogen and oxygen atoms in total. The summed E-state index contributed by atoms with van der Waals surface area (Å²) >= 11 is 0. The Morgan fingerprint density at radius 2 is 1.57 bits per heavy atom. The summed E-state index contributed by atoms with van der Waals surface area (Å²) in [6.07, 6.45) is 5.33. The summed E-state index contributed by atoms with van der Waals surface area (Å²) < 4.78 is 0. The number of benzene rings is 2. The lowest BCUT2D eigenvalue weighted by Gasteiger charge is -2.32. The van der Waals surface area contributed by atoms with Crippen molar-refractivity contribution in [2.45, 2.75) is 51.4 Å². The van der Waals surface area contributed by atoms with Crippen LogP contribution in [0, 0.1) is 5.92 Å². The van der Waals surface area contributed by atoms with Crippen molar-refractivity contribution in [1.29, 1.82) is 0 Å². The fourth-order valence-electron chi connectivity index (χ4n) is 3.51. The molecule has 0 spiro atoms. The van der Waals surface area contributed by atoms with Crippen LogP contribution in [-0.2, 0) is 6.42 Å². The van der Waals surface area contributed by atoms with Crippen molar-refractivity contribution in [3.8, 4) is 0 Å². The first-order valence-corrected chi connectivity index (χ1v) is 8.38. The zero-order valence-corrected chi connectivity index (χ0v) is 13.3. The van der Waals surface area contributed by atoms with E-state index in [9.17, 15) is 0 Å². The standard InChI is InChI=1S/C21H26/c1-16(2)21(15-17-9-4-3-5-10-17)20-14-7-6-13-19(20)18-11-8-12-18/h3-7,9-10,13-14,16,18,21H,8,11-12,15H2,1-2H3. The molecule has 21 heavy (non-hydrogen) atoms. The van der Waals surface area contributed by atoms with Crippen LogP contribution in [0.4, 0.5) is 0 Å². The molecule has 0 aromatic heterocycles. The maximum absolute atomic E-state index is 2.38. The first-order valence-electron chi connectivity index (χ1n) is 8.38. The third kappa shape index (κ3) is 3.20. The Hall–Kier alpha value is -1.56. The molecule has 0 aliphatic heterocycles. The van der Waals surface area contributed by atoms with Gasteiger partial charge in [0, 0.05) is 0 Å². The molecule has 1 aliphatic carbocycles. The van der Waals surface area contributed by atoms with Crippen molar-refractivity contribution >= 4 is 0 Å². The maximum Gasteiger partial charge on any atom is -0.00956 e. The van der Waals surface area contributed by atoms with Crippen LogP contribution in [0.25, 0.3) is 0 Å². The van der Waals surface area contributed by atoms with Gasteiger partial charge < -0.3 is 0 Å². The molecule has 0 amide bonds. The third-order valence-corrected chi connectivity index (χ3v) is 5.04. The molecular formula is C21H26. The molecule has 1 saturated carbocycles. The van der Waals surface area contributed by atoms with E-state index in [4.69, 9.17) is 0 Å². The Morgan fingerprint density at radius 3 is 2.19 bits per heavy atom. The zero-order chi connectivity index (χ0) is 14.7. The van der Waals surface area contributed by atoms with Crippen LogP contribution < -0.4 is 0 Å². The lowest BCUT2D eigenvalue weighted by Crippen LogP contribution is -2.17.